The maximum absolute atomic E-state index is 5.91. The molecule has 1 unspecified atom stereocenters. The molecule has 1 aliphatic heterocycles. The number of hydrogen-bond acceptors (Lipinski definition) is 3. The summed E-state index contributed by atoms with van der Waals surface area (Å²) in [6.45, 7) is 3.10. The molecular formula is C16H23NO2. The highest BCUT2D eigenvalue weighted by Gasteiger charge is 2.29. The summed E-state index contributed by atoms with van der Waals surface area (Å²) < 4.78 is 11.1. The Kier molecular flexibility index (Phi) is 4.04. The van der Waals surface area contributed by atoms with Gasteiger partial charge in [-0.25, -0.2) is 0 Å². The van der Waals surface area contributed by atoms with E-state index >= 15 is 0 Å². The van der Waals surface area contributed by atoms with Crippen molar-refractivity contribution in [2.24, 2.45) is 0 Å². The first kappa shape index (κ1) is 12.9. The zero-order chi connectivity index (χ0) is 13.1. The first-order valence-corrected chi connectivity index (χ1v) is 7.34. The van der Waals surface area contributed by atoms with E-state index in [1.807, 2.05) is 12.1 Å². The van der Waals surface area contributed by atoms with Gasteiger partial charge in [-0.1, -0.05) is 18.6 Å². The Bertz CT molecular complexity index is 400. The zero-order valence-electron chi connectivity index (χ0n) is 11.7. The molecule has 1 heterocycles. The van der Waals surface area contributed by atoms with E-state index in [-0.39, 0.29) is 0 Å². The zero-order valence-corrected chi connectivity index (χ0v) is 11.7. The molecule has 0 spiro atoms. The third-order valence-electron chi connectivity index (χ3n) is 4.38. The van der Waals surface area contributed by atoms with Crippen LogP contribution in [0.15, 0.2) is 24.3 Å². The SMILES string of the molecule is COc1ccc(CC2CN(C3CCC3)CCO2)cc1. The third-order valence-corrected chi connectivity index (χ3v) is 4.38. The Morgan fingerprint density at radius 1 is 1.26 bits per heavy atom. The minimum Gasteiger partial charge on any atom is -0.497 e. The van der Waals surface area contributed by atoms with Gasteiger partial charge >= 0.3 is 0 Å². The highest BCUT2D eigenvalue weighted by Crippen LogP contribution is 2.27. The van der Waals surface area contributed by atoms with Gasteiger partial charge in [0.05, 0.1) is 19.8 Å². The molecule has 1 aromatic rings. The summed E-state index contributed by atoms with van der Waals surface area (Å²) in [7, 11) is 1.70. The van der Waals surface area contributed by atoms with Crippen molar-refractivity contribution < 1.29 is 9.47 Å². The van der Waals surface area contributed by atoms with Crippen molar-refractivity contribution in [1.29, 1.82) is 0 Å². The van der Waals surface area contributed by atoms with Crippen molar-refractivity contribution in [3.05, 3.63) is 29.8 Å². The maximum atomic E-state index is 5.91. The van der Waals surface area contributed by atoms with E-state index in [2.05, 4.69) is 17.0 Å². The second-order valence-corrected chi connectivity index (χ2v) is 5.62. The van der Waals surface area contributed by atoms with Gasteiger partial charge in [0.25, 0.3) is 0 Å². The number of nitrogens with zero attached hydrogens (tertiary/aromatic N) is 1. The molecule has 19 heavy (non-hydrogen) atoms. The average molecular weight is 261 g/mol. The number of morpholine rings is 1. The Morgan fingerprint density at radius 3 is 2.68 bits per heavy atom. The highest BCUT2D eigenvalue weighted by molar-refractivity contribution is 5.27. The highest BCUT2D eigenvalue weighted by atomic mass is 16.5. The van der Waals surface area contributed by atoms with Crippen molar-refractivity contribution in [2.75, 3.05) is 26.8 Å². The summed E-state index contributed by atoms with van der Waals surface area (Å²) in [6.07, 6.45) is 5.53. The van der Waals surface area contributed by atoms with Crippen LogP contribution in [0.4, 0.5) is 0 Å². The van der Waals surface area contributed by atoms with Crippen molar-refractivity contribution in [1.82, 2.24) is 4.90 Å². The van der Waals surface area contributed by atoms with E-state index in [0.717, 1.165) is 37.9 Å². The van der Waals surface area contributed by atoms with Crippen LogP contribution in [0.5, 0.6) is 5.75 Å². The smallest absolute Gasteiger partial charge is 0.118 e. The predicted molar refractivity (Wildman–Crippen MR) is 75.7 cm³/mol. The van der Waals surface area contributed by atoms with Crippen LogP contribution in [0, 0.1) is 0 Å². The van der Waals surface area contributed by atoms with E-state index in [1.54, 1.807) is 7.11 Å². The monoisotopic (exact) mass is 261 g/mol. The summed E-state index contributed by atoms with van der Waals surface area (Å²) >= 11 is 0. The van der Waals surface area contributed by atoms with E-state index in [4.69, 9.17) is 9.47 Å². The molecule has 0 aromatic heterocycles. The lowest BCUT2D eigenvalue weighted by atomic mass is 9.90. The van der Waals surface area contributed by atoms with Crippen molar-refractivity contribution in [2.45, 2.75) is 37.8 Å². The van der Waals surface area contributed by atoms with Gasteiger partial charge in [0, 0.05) is 19.1 Å². The summed E-state index contributed by atoms with van der Waals surface area (Å²) in [6, 6.07) is 9.18. The Hall–Kier alpha value is -1.06. The van der Waals surface area contributed by atoms with E-state index in [0.29, 0.717) is 6.10 Å². The van der Waals surface area contributed by atoms with Crippen LogP contribution < -0.4 is 4.74 Å². The quantitative estimate of drug-likeness (QED) is 0.831. The molecule has 0 N–H and O–H groups in total. The maximum Gasteiger partial charge on any atom is 0.118 e. The molecule has 0 amide bonds. The van der Waals surface area contributed by atoms with Crippen LogP contribution in [-0.4, -0.2) is 43.9 Å². The fourth-order valence-electron chi connectivity index (χ4n) is 2.97. The fraction of sp³-hybridized carbons (Fsp3) is 0.625. The van der Waals surface area contributed by atoms with Gasteiger partial charge in [-0.15, -0.1) is 0 Å². The Labute approximate surface area is 115 Å². The molecule has 1 aromatic carbocycles. The predicted octanol–water partition coefficient (Wildman–Crippen LogP) is 2.49. The molecule has 3 nitrogen and oxygen atoms in total. The Balaban J connectivity index is 1.55. The number of hydrogen-bond donors (Lipinski definition) is 0. The van der Waals surface area contributed by atoms with Crippen LogP contribution in [-0.2, 0) is 11.2 Å². The molecule has 1 aliphatic carbocycles. The molecule has 1 atom stereocenters. The number of rotatable bonds is 4. The molecule has 3 heteroatoms. The number of ether oxygens (including phenoxy) is 2. The standard InChI is InChI=1S/C16H23NO2/c1-18-15-7-5-13(6-8-15)11-16-12-17(9-10-19-16)14-3-2-4-14/h5-8,14,16H,2-4,9-12H2,1H3. The molecule has 104 valence electrons. The third kappa shape index (κ3) is 3.10. The molecule has 2 fully saturated rings. The second kappa shape index (κ2) is 5.93. The van der Waals surface area contributed by atoms with Gasteiger partial charge in [-0.05, 0) is 37.0 Å². The summed E-state index contributed by atoms with van der Waals surface area (Å²) in [4.78, 5) is 2.63. The van der Waals surface area contributed by atoms with Crippen molar-refractivity contribution in [3.8, 4) is 5.75 Å². The number of benzene rings is 1. The second-order valence-electron chi connectivity index (χ2n) is 5.62. The van der Waals surface area contributed by atoms with Crippen molar-refractivity contribution >= 4 is 0 Å². The van der Waals surface area contributed by atoms with E-state index < -0.39 is 0 Å². The Morgan fingerprint density at radius 2 is 2.05 bits per heavy atom. The lowest BCUT2D eigenvalue weighted by Crippen LogP contribution is -2.50. The molecule has 0 radical (unpaired) electrons. The molecule has 1 saturated carbocycles. The minimum atomic E-state index is 0.350. The first-order chi connectivity index (χ1) is 9.35. The topological polar surface area (TPSA) is 21.7 Å². The van der Waals surface area contributed by atoms with Gasteiger partial charge in [-0.3, -0.25) is 4.90 Å². The summed E-state index contributed by atoms with van der Waals surface area (Å²) in [5.74, 6) is 0.921. The largest absolute Gasteiger partial charge is 0.497 e. The van der Waals surface area contributed by atoms with Gasteiger partial charge in [0.15, 0.2) is 0 Å². The summed E-state index contributed by atoms with van der Waals surface area (Å²) in [5.41, 5.74) is 1.33. The van der Waals surface area contributed by atoms with Crippen LogP contribution >= 0.6 is 0 Å². The van der Waals surface area contributed by atoms with Gasteiger partial charge < -0.3 is 9.47 Å². The molecule has 3 rings (SSSR count). The van der Waals surface area contributed by atoms with Crippen LogP contribution in [0.2, 0.25) is 0 Å². The van der Waals surface area contributed by atoms with Gasteiger partial charge in [-0.2, -0.15) is 0 Å². The normalized spacial score (nSPS) is 25.0. The molecule has 1 saturated heterocycles. The lowest BCUT2D eigenvalue weighted by molar-refractivity contribution is -0.0541. The fourth-order valence-corrected chi connectivity index (χ4v) is 2.97. The van der Waals surface area contributed by atoms with Gasteiger partial charge in [0.2, 0.25) is 0 Å². The van der Waals surface area contributed by atoms with E-state index in [9.17, 15) is 0 Å². The average Bonchev–Trinajstić information content (AvgIpc) is 2.38. The van der Waals surface area contributed by atoms with Crippen molar-refractivity contribution in [3.63, 3.8) is 0 Å². The van der Waals surface area contributed by atoms with Gasteiger partial charge in [0.1, 0.15) is 5.75 Å². The summed E-state index contributed by atoms with van der Waals surface area (Å²) in [5, 5.41) is 0. The number of methoxy groups -OCH3 is 1. The van der Waals surface area contributed by atoms with Crippen LogP contribution in [0.3, 0.4) is 0 Å². The first-order valence-electron chi connectivity index (χ1n) is 7.34. The van der Waals surface area contributed by atoms with E-state index in [1.165, 1.54) is 24.8 Å². The molecular weight excluding hydrogens is 238 g/mol. The molecule has 0 bridgehead atoms. The lowest BCUT2D eigenvalue weighted by Gasteiger charge is -2.42. The van der Waals surface area contributed by atoms with Crippen LogP contribution in [0.25, 0.3) is 0 Å². The molecule has 2 aliphatic rings. The van der Waals surface area contributed by atoms with Crippen LogP contribution in [0.1, 0.15) is 24.8 Å². The minimum absolute atomic E-state index is 0.350.